The normalized spacial score (nSPS) is 12.6. The van der Waals surface area contributed by atoms with Crippen molar-refractivity contribution in [3.8, 4) is 0 Å². The number of hydrogen-bond donors (Lipinski definition) is 2. The molecule has 0 saturated heterocycles. The van der Waals surface area contributed by atoms with Gasteiger partial charge in [0.1, 0.15) is 0 Å². The maximum absolute atomic E-state index is 12.2. The van der Waals surface area contributed by atoms with Gasteiger partial charge in [-0.3, -0.25) is 4.79 Å². The first-order valence-electron chi connectivity index (χ1n) is 7.01. The molecule has 2 aromatic carbocycles. The number of amides is 1. The van der Waals surface area contributed by atoms with E-state index < -0.39 is 16.1 Å². The van der Waals surface area contributed by atoms with Crippen molar-refractivity contribution in [3.05, 3.63) is 64.1 Å². The number of benzene rings is 2. The van der Waals surface area contributed by atoms with Crippen LogP contribution in [0.15, 0.2) is 48.5 Å². The summed E-state index contributed by atoms with van der Waals surface area (Å²) in [6, 6.07) is 12.6. The minimum atomic E-state index is -3.49. The molecular formula is C16H16Cl2N2O3S. The number of carbonyl (C=O) groups excluding carboxylic acids is 1. The molecule has 8 heteroatoms. The second-order valence-corrected chi connectivity index (χ2v) is 7.91. The van der Waals surface area contributed by atoms with Gasteiger partial charge in [-0.2, -0.15) is 0 Å². The molecule has 0 aliphatic heterocycles. The van der Waals surface area contributed by atoms with Gasteiger partial charge < -0.3 is 5.32 Å². The van der Waals surface area contributed by atoms with E-state index in [4.69, 9.17) is 23.2 Å². The third kappa shape index (κ3) is 6.13. The molecular weight excluding hydrogens is 371 g/mol. The van der Waals surface area contributed by atoms with Crippen LogP contribution in [0.5, 0.6) is 0 Å². The Kier molecular flexibility index (Phi) is 6.23. The van der Waals surface area contributed by atoms with Crippen LogP contribution in [0.2, 0.25) is 10.0 Å². The second kappa shape index (κ2) is 7.98. The van der Waals surface area contributed by atoms with Crippen LogP contribution in [0.1, 0.15) is 18.0 Å². The Balaban J connectivity index is 2.13. The maximum Gasteiger partial charge on any atom is 0.226 e. The Morgan fingerprint density at radius 3 is 2.00 bits per heavy atom. The van der Waals surface area contributed by atoms with Gasteiger partial charge in [0.2, 0.25) is 15.9 Å². The fraction of sp³-hybridized carbons (Fsp3) is 0.188. The summed E-state index contributed by atoms with van der Waals surface area (Å²) in [5.74, 6) is -0.326. The number of halogens is 2. The van der Waals surface area contributed by atoms with E-state index in [1.165, 1.54) is 0 Å². The number of nitrogens with one attached hydrogen (secondary N) is 2. The number of hydrogen-bond acceptors (Lipinski definition) is 3. The molecule has 24 heavy (non-hydrogen) atoms. The second-order valence-electron chi connectivity index (χ2n) is 5.25. The van der Waals surface area contributed by atoms with E-state index in [9.17, 15) is 13.2 Å². The smallest absolute Gasteiger partial charge is 0.226 e. The Labute approximate surface area is 151 Å². The van der Waals surface area contributed by atoms with Crippen molar-refractivity contribution >= 4 is 44.8 Å². The molecule has 1 amide bonds. The van der Waals surface area contributed by atoms with Gasteiger partial charge in [-0.25, -0.2) is 13.1 Å². The number of anilines is 1. The first kappa shape index (κ1) is 18.7. The summed E-state index contributed by atoms with van der Waals surface area (Å²) in [4.78, 5) is 12.2. The summed E-state index contributed by atoms with van der Waals surface area (Å²) >= 11 is 11.6. The van der Waals surface area contributed by atoms with Crippen LogP contribution in [-0.2, 0) is 14.8 Å². The van der Waals surface area contributed by atoms with E-state index in [1.54, 1.807) is 48.5 Å². The predicted molar refractivity (Wildman–Crippen MR) is 96.9 cm³/mol. The van der Waals surface area contributed by atoms with E-state index in [0.29, 0.717) is 21.3 Å². The minimum Gasteiger partial charge on any atom is -0.326 e. The molecule has 0 unspecified atom stereocenters. The van der Waals surface area contributed by atoms with Crippen LogP contribution in [-0.4, -0.2) is 20.6 Å². The third-order valence-corrected chi connectivity index (χ3v) is 4.36. The van der Waals surface area contributed by atoms with Crippen LogP contribution in [0.3, 0.4) is 0 Å². The lowest BCUT2D eigenvalue weighted by atomic mass is 10.0. The molecule has 5 nitrogen and oxygen atoms in total. The summed E-state index contributed by atoms with van der Waals surface area (Å²) in [6.07, 6.45) is 0.990. The van der Waals surface area contributed by atoms with Crippen molar-refractivity contribution in [3.63, 3.8) is 0 Å². The largest absolute Gasteiger partial charge is 0.326 e. The molecule has 0 fully saturated rings. The van der Waals surface area contributed by atoms with Gasteiger partial charge in [-0.05, 0) is 42.0 Å². The van der Waals surface area contributed by atoms with Crippen LogP contribution >= 0.6 is 23.2 Å². The molecule has 0 saturated carbocycles. The van der Waals surface area contributed by atoms with Crippen molar-refractivity contribution in [2.24, 2.45) is 0 Å². The van der Waals surface area contributed by atoms with E-state index in [0.717, 1.165) is 6.26 Å². The Morgan fingerprint density at radius 1 is 1.00 bits per heavy atom. The first-order valence-corrected chi connectivity index (χ1v) is 9.66. The highest BCUT2D eigenvalue weighted by molar-refractivity contribution is 7.88. The van der Waals surface area contributed by atoms with Gasteiger partial charge in [0.05, 0.1) is 12.3 Å². The lowest BCUT2D eigenvalue weighted by molar-refractivity contribution is -0.116. The van der Waals surface area contributed by atoms with Gasteiger partial charge in [-0.1, -0.05) is 35.3 Å². The monoisotopic (exact) mass is 386 g/mol. The quantitative estimate of drug-likeness (QED) is 0.795. The molecule has 0 aliphatic carbocycles. The highest BCUT2D eigenvalue weighted by Crippen LogP contribution is 2.21. The third-order valence-electron chi connectivity index (χ3n) is 3.15. The summed E-state index contributed by atoms with van der Waals surface area (Å²) in [6.45, 7) is 0. The van der Waals surface area contributed by atoms with Crippen LogP contribution in [0.4, 0.5) is 5.69 Å². The molecule has 0 heterocycles. The molecule has 2 N–H and O–H groups in total. The van der Waals surface area contributed by atoms with Crippen molar-refractivity contribution in [2.75, 3.05) is 11.6 Å². The number of carbonyl (C=O) groups is 1. The van der Waals surface area contributed by atoms with Gasteiger partial charge in [0, 0.05) is 22.2 Å². The average Bonchev–Trinajstić information content (AvgIpc) is 2.48. The zero-order valence-corrected chi connectivity index (χ0v) is 15.1. The minimum absolute atomic E-state index is 0.0582. The van der Waals surface area contributed by atoms with Crippen LogP contribution < -0.4 is 10.0 Å². The van der Waals surface area contributed by atoms with Crippen molar-refractivity contribution in [1.82, 2.24) is 4.72 Å². The van der Waals surface area contributed by atoms with Gasteiger partial charge in [0.15, 0.2) is 0 Å². The van der Waals surface area contributed by atoms with Crippen molar-refractivity contribution in [2.45, 2.75) is 12.5 Å². The summed E-state index contributed by atoms with van der Waals surface area (Å²) < 4.78 is 25.6. The molecule has 0 aromatic heterocycles. The fourth-order valence-corrected chi connectivity index (χ4v) is 3.10. The molecule has 2 rings (SSSR count). The predicted octanol–water partition coefficient (Wildman–Crippen LogP) is 3.61. The highest BCUT2D eigenvalue weighted by atomic mass is 35.5. The molecule has 0 aliphatic rings. The molecule has 128 valence electrons. The van der Waals surface area contributed by atoms with Crippen molar-refractivity contribution < 1.29 is 13.2 Å². The van der Waals surface area contributed by atoms with Crippen molar-refractivity contribution in [1.29, 1.82) is 0 Å². The summed E-state index contributed by atoms with van der Waals surface area (Å²) in [5, 5.41) is 3.80. The van der Waals surface area contributed by atoms with E-state index in [-0.39, 0.29) is 12.3 Å². The average molecular weight is 387 g/mol. The highest BCUT2D eigenvalue weighted by Gasteiger charge is 2.20. The molecule has 1 atom stereocenters. The summed E-state index contributed by atoms with van der Waals surface area (Å²) in [5.41, 5.74) is 1.23. The summed E-state index contributed by atoms with van der Waals surface area (Å²) in [7, 11) is -3.49. The lowest BCUT2D eigenvalue weighted by Gasteiger charge is -2.18. The van der Waals surface area contributed by atoms with E-state index >= 15 is 0 Å². The lowest BCUT2D eigenvalue weighted by Crippen LogP contribution is -2.30. The number of rotatable bonds is 6. The van der Waals surface area contributed by atoms with Gasteiger partial charge in [0.25, 0.3) is 0 Å². The Hall–Kier alpha value is -1.60. The molecule has 0 radical (unpaired) electrons. The molecule has 2 aromatic rings. The van der Waals surface area contributed by atoms with E-state index in [2.05, 4.69) is 10.0 Å². The van der Waals surface area contributed by atoms with Gasteiger partial charge in [-0.15, -0.1) is 0 Å². The zero-order chi connectivity index (χ0) is 17.7. The fourth-order valence-electron chi connectivity index (χ4n) is 2.11. The van der Waals surface area contributed by atoms with Crippen LogP contribution in [0, 0.1) is 0 Å². The van der Waals surface area contributed by atoms with Crippen LogP contribution in [0.25, 0.3) is 0 Å². The van der Waals surface area contributed by atoms with E-state index in [1.807, 2.05) is 0 Å². The maximum atomic E-state index is 12.2. The first-order chi connectivity index (χ1) is 11.2. The van der Waals surface area contributed by atoms with Gasteiger partial charge >= 0.3 is 0 Å². The molecule has 0 spiro atoms. The molecule has 0 bridgehead atoms. The Morgan fingerprint density at radius 2 is 1.50 bits per heavy atom. The zero-order valence-electron chi connectivity index (χ0n) is 12.8. The SMILES string of the molecule is CS(=O)(=O)N[C@H](CC(=O)Nc1ccc(Cl)cc1)c1ccc(Cl)cc1. The number of sulfonamides is 1. The Bertz CT molecular complexity index is 806. The topological polar surface area (TPSA) is 75.3 Å². The standard InChI is InChI=1S/C16H16Cl2N2O3S/c1-24(22,23)20-15(11-2-4-12(17)5-3-11)10-16(21)19-14-8-6-13(18)7-9-14/h2-9,15,20H,10H2,1H3,(H,19,21)/t15-/m1/s1.